The summed E-state index contributed by atoms with van der Waals surface area (Å²) >= 11 is 6.09. The summed E-state index contributed by atoms with van der Waals surface area (Å²) in [6, 6.07) is 7.42. The lowest BCUT2D eigenvalue weighted by Gasteiger charge is -2.20. The Morgan fingerprint density at radius 2 is 2.20 bits per heavy atom. The molecule has 0 aliphatic carbocycles. The number of rotatable bonds is 4. The van der Waals surface area contributed by atoms with Gasteiger partial charge in [-0.05, 0) is 24.1 Å². The third-order valence-electron chi connectivity index (χ3n) is 3.46. The quantitative estimate of drug-likeness (QED) is 0.940. The van der Waals surface area contributed by atoms with Gasteiger partial charge in [-0.1, -0.05) is 25.4 Å². The Morgan fingerprint density at radius 3 is 2.75 bits per heavy atom. The first-order valence-corrected chi connectivity index (χ1v) is 6.88. The molecule has 0 spiro atoms. The highest BCUT2D eigenvalue weighted by Crippen LogP contribution is 2.27. The summed E-state index contributed by atoms with van der Waals surface area (Å²) in [6.07, 6.45) is 3.59. The van der Waals surface area contributed by atoms with Crippen molar-refractivity contribution in [3.8, 4) is 11.8 Å². The third kappa shape index (κ3) is 2.69. The Balaban J connectivity index is 2.47. The fourth-order valence-electron chi connectivity index (χ4n) is 2.27. The van der Waals surface area contributed by atoms with Gasteiger partial charge in [-0.2, -0.15) is 5.26 Å². The average molecular weight is 289 g/mol. The predicted octanol–water partition coefficient (Wildman–Crippen LogP) is 3.10. The molecule has 0 saturated carbocycles. The molecule has 1 heterocycles. The molecule has 1 atom stereocenters. The van der Waals surface area contributed by atoms with Gasteiger partial charge in [0.25, 0.3) is 0 Å². The smallest absolute Gasteiger partial charge is 0.101 e. The average Bonchev–Trinajstić information content (AvgIpc) is 2.88. The van der Waals surface area contributed by atoms with Crippen LogP contribution >= 0.6 is 11.6 Å². The fourth-order valence-corrected chi connectivity index (χ4v) is 2.49. The van der Waals surface area contributed by atoms with Crippen molar-refractivity contribution in [1.82, 2.24) is 9.55 Å². The molecule has 2 aromatic rings. The summed E-state index contributed by atoms with van der Waals surface area (Å²) in [5.74, 6) is 0.649. The highest BCUT2D eigenvalue weighted by Gasteiger charge is 2.19. The van der Waals surface area contributed by atoms with Crippen LogP contribution < -0.4 is 5.73 Å². The molecule has 0 bridgehead atoms. The van der Waals surface area contributed by atoms with Gasteiger partial charge in [0, 0.05) is 30.0 Å². The van der Waals surface area contributed by atoms with Gasteiger partial charge in [0.05, 0.1) is 16.9 Å². The molecule has 1 unspecified atom stereocenters. The molecule has 104 valence electrons. The first kappa shape index (κ1) is 14.6. The number of nitriles is 1. The number of aromatic nitrogens is 2. The molecular formula is C15H17ClN4. The Morgan fingerprint density at radius 1 is 1.45 bits per heavy atom. The number of nitrogens with two attached hydrogens (primary N) is 1. The van der Waals surface area contributed by atoms with E-state index in [0.29, 0.717) is 23.0 Å². The molecule has 1 aromatic heterocycles. The molecule has 0 aliphatic heterocycles. The summed E-state index contributed by atoms with van der Waals surface area (Å²) in [5.41, 5.74) is 8.29. The zero-order valence-corrected chi connectivity index (χ0v) is 12.3. The second-order valence-corrected chi connectivity index (χ2v) is 5.46. The SMILES string of the molecule is CC(C)C(CN)c1cncn1-c1ccc(C#N)c(Cl)c1. The van der Waals surface area contributed by atoms with Crippen LogP contribution in [-0.4, -0.2) is 16.1 Å². The van der Waals surface area contributed by atoms with Crippen molar-refractivity contribution >= 4 is 11.6 Å². The van der Waals surface area contributed by atoms with Crippen LogP contribution in [0.25, 0.3) is 5.69 Å². The molecular weight excluding hydrogens is 272 g/mol. The zero-order chi connectivity index (χ0) is 14.7. The monoisotopic (exact) mass is 288 g/mol. The molecule has 0 fully saturated rings. The predicted molar refractivity (Wildman–Crippen MR) is 79.9 cm³/mol. The number of hydrogen-bond acceptors (Lipinski definition) is 3. The maximum atomic E-state index is 8.92. The molecule has 0 radical (unpaired) electrons. The highest BCUT2D eigenvalue weighted by atomic mass is 35.5. The van der Waals surface area contributed by atoms with Crippen LogP contribution in [0.2, 0.25) is 5.02 Å². The molecule has 20 heavy (non-hydrogen) atoms. The maximum Gasteiger partial charge on any atom is 0.101 e. The minimum atomic E-state index is 0.229. The largest absolute Gasteiger partial charge is 0.330 e. The lowest BCUT2D eigenvalue weighted by molar-refractivity contribution is 0.490. The van der Waals surface area contributed by atoms with Crippen molar-refractivity contribution in [2.75, 3.05) is 6.54 Å². The van der Waals surface area contributed by atoms with Gasteiger partial charge in [-0.3, -0.25) is 0 Å². The molecule has 0 amide bonds. The van der Waals surface area contributed by atoms with Gasteiger partial charge < -0.3 is 10.3 Å². The topological polar surface area (TPSA) is 67.6 Å². The molecule has 2 N–H and O–H groups in total. The minimum Gasteiger partial charge on any atom is -0.330 e. The molecule has 5 heteroatoms. The number of benzene rings is 1. The van der Waals surface area contributed by atoms with Gasteiger partial charge in [0.15, 0.2) is 0 Å². The van der Waals surface area contributed by atoms with Crippen LogP contribution in [0.3, 0.4) is 0 Å². The van der Waals surface area contributed by atoms with Crippen LogP contribution in [0.1, 0.15) is 31.0 Å². The number of nitrogens with zero attached hydrogens (tertiary/aromatic N) is 3. The summed E-state index contributed by atoms with van der Waals surface area (Å²) in [6.45, 7) is 4.84. The number of hydrogen-bond donors (Lipinski definition) is 1. The van der Waals surface area contributed by atoms with Crippen molar-refractivity contribution in [2.45, 2.75) is 19.8 Å². The van der Waals surface area contributed by atoms with Crippen molar-refractivity contribution < 1.29 is 0 Å². The van der Waals surface area contributed by atoms with E-state index in [-0.39, 0.29) is 5.92 Å². The van der Waals surface area contributed by atoms with Gasteiger partial charge in [-0.15, -0.1) is 0 Å². The van der Waals surface area contributed by atoms with E-state index < -0.39 is 0 Å². The van der Waals surface area contributed by atoms with E-state index in [1.807, 2.05) is 16.8 Å². The highest BCUT2D eigenvalue weighted by molar-refractivity contribution is 6.31. The van der Waals surface area contributed by atoms with Crippen molar-refractivity contribution in [3.05, 3.63) is 47.0 Å². The number of halogens is 1. The lowest BCUT2D eigenvalue weighted by atomic mass is 9.93. The van der Waals surface area contributed by atoms with E-state index in [0.717, 1.165) is 11.4 Å². The second-order valence-electron chi connectivity index (χ2n) is 5.05. The van der Waals surface area contributed by atoms with Gasteiger partial charge in [0.2, 0.25) is 0 Å². The molecule has 2 rings (SSSR count). The summed E-state index contributed by atoms with van der Waals surface area (Å²) in [4.78, 5) is 4.22. The van der Waals surface area contributed by atoms with Gasteiger partial charge in [0.1, 0.15) is 6.07 Å². The van der Waals surface area contributed by atoms with Crippen LogP contribution in [0.15, 0.2) is 30.7 Å². The standard InChI is InChI=1S/C15H17ClN4/c1-10(2)13(7-18)15-8-19-9-20(15)12-4-3-11(6-17)14(16)5-12/h3-5,8-10,13H,7,18H2,1-2H3. The van der Waals surface area contributed by atoms with Crippen molar-refractivity contribution in [2.24, 2.45) is 11.7 Å². The Kier molecular flexibility index (Phi) is 4.43. The van der Waals surface area contributed by atoms with E-state index in [4.69, 9.17) is 22.6 Å². The van der Waals surface area contributed by atoms with Crippen LogP contribution in [-0.2, 0) is 0 Å². The van der Waals surface area contributed by atoms with Gasteiger partial charge >= 0.3 is 0 Å². The molecule has 1 aromatic carbocycles. The van der Waals surface area contributed by atoms with Crippen LogP contribution in [0, 0.1) is 17.2 Å². The van der Waals surface area contributed by atoms with Gasteiger partial charge in [-0.25, -0.2) is 4.98 Å². The lowest BCUT2D eigenvalue weighted by Crippen LogP contribution is -2.20. The first-order valence-electron chi connectivity index (χ1n) is 6.50. The molecule has 4 nitrogen and oxygen atoms in total. The zero-order valence-electron chi connectivity index (χ0n) is 11.5. The van der Waals surface area contributed by atoms with E-state index >= 15 is 0 Å². The second kappa shape index (κ2) is 6.08. The van der Waals surface area contributed by atoms with Crippen LogP contribution in [0.5, 0.6) is 0 Å². The normalized spacial score (nSPS) is 12.4. The fraction of sp³-hybridized carbons (Fsp3) is 0.333. The van der Waals surface area contributed by atoms with E-state index in [1.54, 1.807) is 18.5 Å². The maximum absolute atomic E-state index is 8.92. The summed E-state index contributed by atoms with van der Waals surface area (Å²) in [5, 5.41) is 9.37. The Bertz CT molecular complexity index is 640. The van der Waals surface area contributed by atoms with E-state index in [1.165, 1.54) is 0 Å². The van der Waals surface area contributed by atoms with Crippen LogP contribution in [0.4, 0.5) is 0 Å². The minimum absolute atomic E-state index is 0.229. The van der Waals surface area contributed by atoms with E-state index in [9.17, 15) is 0 Å². The summed E-state index contributed by atoms with van der Waals surface area (Å²) < 4.78 is 1.98. The molecule has 0 saturated heterocycles. The van der Waals surface area contributed by atoms with Crippen molar-refractivity contribution in [3.63, 3.8) is 0 Å². The summed E-state index contributed by atoms with van der Waals surface area (Å²) in [7, 11) is 0. The third-order valence-corrected chi connectivity index (χ3v) is 3.77. The number of imidazole rings is 1. The molecule has 0 aliphatic rings. The van der Waals surface area contributed by atoms with Crippen molar-refractivity contribution in [1.29, 1.82) is 5.26 Å². The Hall–Kier alpha value is -1.83. The Labute approximate surface area is 123 Å². The van der Waals surface area contributed by atoms with E-state index in [2.05, 4.69) is 24.9 Å². The first-order chi connectivity index (χ1) is 9.58.